The van der Waals surface area contributed by atoms with Crippen LogP contribution >= 0.6 is 0 Å². The van der Waals surface area contributed by atoms with Crippen molar-refractivity contribution in [2.45, 2.75) is 46.6 Å². The van der Waals surface area contributed by atoms with Crippen molar-refractivity contribution >= 4 is 5.91 Å². The highest BCUT2D eigenvalue weighted by atomic mass is 16.1. The molecule has 0 aliphatic heterocycles. The first kappa shape index (κ1) is 12.7. The molecule has 4 heteroatoms. The Hall–Kier alpha value is -1.32. The maximum atomic E-state index is 12.0. The van der Waals surface area contributed by atoms with Crippen molar-refractivity contribution in [1.82, 2.24) is 15.1 Å². The van der Waals surface area contributed by atoms with Crippen molar-refractivity contribution < 1.29 is 4.79 Å². The van der Waals surface area contributed by atoms with Gasteiger partial charge in [0, 0.05) is 18.8 Å². The normalized spacial score (nSPS) is 12.6. The van der Waals surface area contributed by atoms with Crippen LogP contribution in [0.1, 0.15) is 48.4 Å². The number of carbonyl (C=O) groups excluding carboxylic acids is 1. The summed E-state index contributed by atoms with van der Waals surface area (Å²) in [6.45, 7) is 7.93. The van der Waals surface area contributed by atoms with E-state index in [-0.39, 0.29) is 11.9 Å². The van der Waals surface area contributed by atoms with Crippen molar-refractivity contribution in [1.29, 1.82) is 0 Å². The van der Waals surface area contributed by atoms with Gasteiger partial charge in [0.1, 0.15) is 0 Å². The lowest BCUT2D eigenvalue weighted by atomic mass is 10.1. The van der Waals surface area contributed by atoms with E-state index in [1.54, 1.807) is 4.68 Å². The molecule has 1 aromatic heterocycles. The van der Waals surface area contributed by atoms with Crippen LogP contribution in [0.3, 0.4) is 0 Å². The molecular weight excluding hydrogens is 202 g/mol. The minimum absolute atomic E-state index is 0.0101. The fourth-order valence-electron chi connectivity index (χ4n) is 1.90. The summed E-state index contributed by atoms with van der Waals surface area (Å²) in [5.74, 6) is -0.0101. The molecule has 0 aliphatic carbocycles. The molecule has 1 N–H and O–H groups in total. The van der Waals surface area contributed by atoms with Crippen LogP contribution in [-0.4, -0.2) is 21.7 Å². The van der Waals surface area contributed by atoms with Gasteiger partial charge in [-0.25, -0.2) is 0 Å². The number of nitrogens with one attached hydrogen (secondary N) is 1. The van der Waals surface area contributed by atoms with E-state index in [2.05, 4.69) is 17.3 Å². The number of hydrogen-bond acceptors (Lipinski definition) is 2. The Balaban J connectivity index is 2.80. The third-order valence-corrected chi connectivity index (χ3v) is 2.84. The van der Waals surface area contributed by atoms with E-state index in [1.807, 2.05) is 27.8 Å². The largest absolute Gasteiger partial charge is 0.349 e. The molecule has 0 saturated heterocycles. The minimum atomic E-state index is -0.0101. The first-order chi connectivity index (χ1) is 7.47. The van der Waals surface area contributed by atoms with E-state index >= 15 is 0 Å². The van der Waals surface area contributed by atoms with Crippen LogP contribution in [0.5, 0.6) is 0 Å². The highest BCUT2D eigenvalue weighted by Crippen LogP contribution is 2.12. The van der Waals surface area contributed by atoms with Gasteiger partial charge < -0.3 is 5.32 Å². The van der Waals surface area contributed by atoms with Crippen molar-refractivity contribution in [2.24, 2.45) is 7.05 Å². The molecule has 0 saturated carbocycles. The molecule has 90 valence electrons. The zero-order chi connectivity index (χ0) is 12.3. The number of aromatic nitrogens is 2. The summed E-state index contributed by atoms with van der Waals surface area (Å²) in [6.07, 6.45) is 2.08. The van der Waals surface area contributed by atoms with E-state index in [0.29, 0.717) is 5.56 Å². The summed E-state index contributed by atoms with van der Waals surface area (Å²) in [4.78, 5) is 12.0. The Bertz CT molecular complexity index is 382. The van der Waals surface area contributed by atoms with Crippen LogP contribution in [0.2, 0.25) is 0 Å². The van der Waals surface area contributed by atoms with Gasteiger partial charge in [-0.1, -0.05) is 13.3 Å². The Morgan fingerprint density at radius 1 is 1.50 bits per heavy atom. The van der Waals surface area contributed by atoms with E-state index in [9.17, 15) is 4.79 Å². The molecule has 1 rings (SSSR count). The topological polar surface area (TPSA) is 46.9 Å². The number of aryl methyl sites for hydroxylation is 2. The quantitative estimate of drug-likeness (QED) is 0.848. The van der Waals surface area contributed by atoms with Gasteiger partial charge in [-0.15, -0.1) is 0 Å². The molecular formula is C12H21N3O. The van der Waals surface area contributed by atoms with Gasteiger partial charge in [0.05, 0.1) is 11.3 Å². The SMILES string of the molecule is CCCC(C)NC(=O)c1c(C)nn(C)c1C. The third-order valence-electron chi connectivity index (χ3n) is 2.84. The third kappa shape index (κ3) is 2.62. The molecule has 1 amide bonds. The number of amides is 1. The first-order valence-corrected chi connectivity index (χ1v) is 5.78. The van der Waals surface area contributed by atoms with Gasteiger partial charge in [-0.05, 0) is 27.2 Å². The monoisotopic (exact) mass is 223 g/mol. The molecule has 0 bridgehead atoms. The Labute approximate surface area is 97.0 Å². The number of hydrogen-bond donors (Lipinski definition) is 1. The molecule has 1 unspecified atom stereocenters. The standard InChI is InChI=1S/C12H21N3O/c1-6-7-8(2)13-12(16)11-9(3)14-15(5)10(11)4/h8H,6-7H2,1-5H3,(H,13,16). The maximum Gasteiger partial charge on any atom is 0.255 e. The molecule has 0 aliphatic rings. The molecule has 16 heavy (non-hydrogen) atoms. The van der Waals surface area contributed by atoms with Crippen molar-refractivity contribution in [3.05, 3.63) is 17.0 Å². The van der Waals surface area contributed by atoms with Crippen molar-refractivity contribution in [3.63, 3.8) is 0 Å². The summed E-state index contributed by atoms with van der Waals surface area (Å²) in [6, 6.07) is 0.219. The zero-order valence-corrected chi connectivity index (χ0v) is 10.8. The second kappa shape index (κ2) is 5.14. The van der Waals surface area contributed by atoms with Crippen molar-refractivity contribution in [2.75, 3.05) is 0 Å². The summed E-state index contributed by atoms with van der Waals surface area (Å²) in [5.41, 5.74) is 2.42. The van der Waals surface area contributed by atoms with Crippen LogP contribution < -0.4 is 5.32 Å². The lowest BCUT2D eigenvalue weighted by Crippen LogP contribution is -2.33. The summed E-state index contributed by atoms with van der Waals surface area (Å²) in [5, 5.41) is 7.24. The Morgan fingerprint density at radius 2 is 2.12 bits per heavy atom. The van der Waals surface area contributed by atoms with E-state index in [1.165, 1.54) is 0 Å². The number of nitrogens with zero attached hydrogens (tertiary/aromatic N) is 2. The van der Waals surface area contributed by atoms with Gasteiger partial charge >= 0.3 is 0 Å². The highest BCUT2D eigenvalue weighted by molar-refractivity contribution is 5.96. The van der Waals surface area contributed by atoms with Crippen LogP contribution in [0, 0.1) is 13.8 Å². The average molecular weight is 223 g/mol. The van der Waals surface area contributed by atoms with Gasteiger partial charge in [0.25, 0.3) is 5.91 Å². The van der Waals surface area contributed by atoms with Crippen LogP contribution in [0.25, 0.3) is 0 Å². The molecule has 0 spiro atoms. The van der Waals surface area contributed by atoms with Crippen molar-refractivity contribution in [3.8, 4) is 0 Å². The van der Waals surface area contributed by atoms with Gasteiger partial charge in [0.2, 0.25) is 0 Å². The second-order valence-electron chi connectivity index (χ2n) is 4.33. The fourth-order valence-corrected chi connectivity index (χ4v) is 1.90. The predicted molar refractivity (Wildman–Crippen MR) is 64.5 cm³/mol. The molecule has 1 heterocycles. The second-order valence-corrected chi connectivity index (χ2v) is 4.33. The molecule has 0 fully saturated rings. The zero-order valence-electron chi connectivity index (χ0n) is 10.8. The minimum Gasteiger partial charge on any atom is -0.349 e. The van der Waals surface area contributed by atoms with Crippen LogP contribution in [0.4, 0.5) is 0 Å². The summed E-state index contributed by atoms with van der Waals surface area (Å²) in [7, 11) is 1.86. The first-order valence-electron chi connectivity index (χ1n) is 5.78. The maximum absolute atomic E-state index is 12.0. The van der Waals surface area contributed by atoms with Gasteiger partial charge in [0.15, 0.2) is 0 Å². The lowest BCUT2D eigenvalue weighted by molar-refractivity contribution is 0.0937. The lowest BCUT2D eigenvalue weighted by Gasteiger charge is -2.12. The summed E-state index contributed by atoms with van der Waals surface area (Å²) >= 11 is 0. The molecule has 1 aromatic rings. The smallest absolute Gasteiger partial charge is 0.255 e. The van der Waals surface area contributed by atoms with Crippen LogP contribution in [-0.2, 0) is 7.05 Å². The Kier molecular flexibility index (Phi) is 4.10. The molecule has 0 radical (unpaired) electrons. The molecule has 0 aromatic carbocycles. The molecule has 4 nitrogen and oxygen atoms in total. The van der Waals surface area contributed by atoms with Crippen LogP contribution in [0.15, 0.2) is 0 Å². The molecule has 1 atom stereocenters. The average Bonchev–Trinajstić information content (AvgIpc) is 2.41. The Morgan fingerprint density at radius 3 is 2.56 bits per heavy atom. The van der Waals surface area contributed by atoms with E-state index < -0.39 is 0 Å². The highest BCUT2D eigenvalue weighted by Gasteiger charge is 2.18. The van der Waals surface area contributed by atoms with E-state index in [4.69, 9.17) is 0 Å². The van der Waals surface area contributed by atoms with Gasteiger partial charge in [-0.2, -0.15) is 5.10 Å². The summed E-state index contributed by atoms with van der Waals surface area (Å²) < 4.78 is 1.74. The predicted octanol–water partition coefficient (Wildman–Crippen LogP) is 1.96. The fraction of sp³-hybridized carbons (Fsp3) is 0.667. The number of carbonyl (C=O) groups is 1. The van der Waals surface area contributed by atoms with Gasteiger partial charge in [-0.3, -0.25) is 9.48 Å². The van der Waals surface area contributed by atoms with E-state index in [0.717, 1.165) is 24.2 Å². The number of rotatable bonds is 4.